The number of nitrogens with two attached hydrogens (primary N) is 1. The molecule has 0 aromatic heterocycles. The summed E-state index contributed by atoms with van der Waals surface area (Å²) in [6.07, 6.45) is 0. The molecule has 0 saturated carbocycles. The molecule has 2 heteroatoms. The highest BCUT2D eigenvalue weighted by Gasteiger charge is 2.27. The maximum absolute atomic E-state index is 9.55. The molecule has 0 fully saturated rings. The SMILES string of the molecule is NCC1c2ccccc2-c2ccc(O)cc21. The number of phenolic OH excluding ortho intramolecular Hbond substituents is 1. The monoisotopic (exact) mass is 211 g/mol. The van der Waals surface area contributed by atoms with Crippen LogP contribution in [0.25, 0.3) is 11.1 Å². The Balaban J connectivity index is 2.29. The molecule has 2 aromatic rings. The largest absolute Gasteiger partial charge is 0.508 e. The van der Waals surface area contributed by atoms with E-state index in [1.54, 1.807) is 6.07 Å². The molecule has 0 heterocycles. The summed E-state index contributed by atoms with van der Waals surface area (Å²) in [5.41, 5.74) is 10.7. The number of aromatic hydroxyl groups is 1. The number of benzene rings is 2. The fourth-order valence-electron chi connectivity index (χ4n) is 2.55. The van der Waals surface area contributed by atoms with Gasteiger partial charge in [-0.15, -0.1) is 0 Å². The van der Waals surface area contributed by atoms with Crippen LogP contribution in [0.15, 0.2) is 42.5 Å². The van der Waals surface area contributed by atoms with Crippen LogP contribution in [-0.4, -0.2) is 11.7 Å². The summed E-state index contributed by atoms with van der Waals surface area (Å²) in [6.45, 7) is 0.577. The molecule has 0 amide bonds. The second-order valence-electron chi connectivity index (χ2n) is 4.15. The summed E-state index contributed by atoms with van der Waals surface area (Å²) < 4.78 is 0. The van der Waals surface area contributed by atoms with Crippen LogP contribution in [-0.2, 0) is 0 Å². The minimum absolute atomic E-state index is 0.221. The molecule has 2 aromatic carbocycles. The van der Waals surface area contributed by atoms with E-state index in [1.807, 2.05) is 24.3 Å². The second kappa shape index (κ2) is 3.35. The summed E-state index contributed by atoms with van der Waals surface area (Å²) in [7, 11) is 0. The molecule has 80 valence electrons. The Bertz CT molecular complexity index is 548. The number of hydrogen-bond acceptors (Lipinski definition) is 2. The third-order valence-electron chi connectivity index (χ3n) is 3.27. The Morgan fingerprint density at radius 2 is 1.75 bits per heavy atom. The standard InChI is InChI=1S/C14H13NO/c15-8-14-11-4-2-1-3-10(11)12-6-5-9(16)7-13(12)14/h1-7,14,16H,8,15H2. The average molecular weight is 211 g/mol. The van der Waals surface area contributed by atoms with Gasteiger partial charge in [0.25, 0.3) is 0 Å². The van der Waals surface area contributed by atoms with Gasteiger partial charge >= 0.3 is 0 Å². The van der Waals surface area contributed by atoms with Crippen LogP contribution >= 0.6 is 0 Å². The maximum Gasteiger partial charge on any atom is 0.115 e. The molecule has 0 saturated heterocycles. The molecule has 16 heavy (non-hydrogen) atoms. The second-order valence-corrected chi connectivity index (χ2v) is 4.15. The normalized spacial score (nSPS) is 16.9. The van der Waals surface area contributed by atoms with Crippen molar-refractivity contribution in [2.24, 2.45) is 5.73 Å². The van der Waals surface area contributed by atoms with E-state index in [0.717, 1.165) is 5.56 Å². The van der Waals surface area contributed by atoms with Crippen molar-refractivity contribution < 1.29 is 5.11 Å². The highest BCUT2D eigenvalue weighted by atomic mass is 16.3. The van der Waals surface area contributed by atoms with Gasteiger partial charge in [-0.3, -0.25) is 0 Å². The van der Waals surface area contributed by atoms with E-state index in [2.05, 4.69) is 12.1 Å². The van der Waals surface area contributed by atoms with E-state index in [0.29, 0.717) is 12.3 Å². The molecule has 0 radical (unpaired) electrons. The zero-order valence-electron chi connectivity index (χ0n) is 8.85. The summed E-state index contributed by atoms with van der Waals surface area (Å²) in [4.78, 5) is 0. The average Bonchev–Trinajstić information content (AvgIpc) is 2.61. The van der Waals surface area contributed by atoms with E-state index >= 15 is 0 Å². The third-order valence-corrected chi connectivity index (χ3v) is 3.27. The molecule has 3 N–H and O–H groups in total. The highest BCUT2D eigenvalue weighted by molar-refractivity contribution is 5.79. The maximum atomic E-state index is 9.55. The van der Waals surface area contributed by atoms with E-state index in [4.69, 9.17) is 5.73 Å². The van der Waals surface area contributed by atoms with Gasteiger partial charge in [-0.25, -0.2) is 0 Å². The number of phenols is 1. The van der Waals surface area contributed by atoms with Crippen molar-refractivity contribution in [2.45, 2.75) is 5.92 Å². The Morgan fingerprint density at radius 3 is 2.56 bits per heavy atom. The predicted octanol–water partition coefficient (Wildman–Crippen LogP) is 2.46. The van der Waals surface area contributed by atoms with Gasteiger partial charge in [0.1, 0.15) is 5.75 Å². The minimum atomic E-state index is 0.221. The molecule has 2 nitrogen and oxygen atoms in total. The molecular formula is C14H13NO. The molecule has 0 spiro atoms. The Hall–Kier alpha value is -1.80. The first-order chi connectivity index (χ1) is 7.81. The van der Waals surface area contributed by atoms with E-state index in [9.17, 15) is 5.11 Å². The van der Waals surface area contributed by atoms with Gasteiger partial charge in [-0.1, -0.05) is 30.3 Å². The van der Waals surface area contributed by atoms with E-state index in [-0.39, 0.29) is 5.92 Å². The van der Waals surface area contributed by atoms with Gasteiger partial charge in [-0.05, 0) is 34.4 Å². The number of rotatable bonds is 1. The topological polar surface area (TPSA) is 46.2 Å². The lowest BCUT2D eigenvalue weighted by Gasteiger charge is -2.10. The molecule has 1 unspecified atom stereocenters. The molecule has 1 aliphatic carbocycles. The zero-order valence-corrected chi connectivity index (χ0v) is 8.85. The minimum Gasteiger partial charge on any atom is -0.508 e. The smallest absolute Gasteiger partial charge is 0.115 e. The van der Waals surface area contributed by atoms with Crippen molar-refractivity contribution in [2.75, 3.05) is 6.54 Å². The summed E-state index contributed by atoms with van der Waals surface area (Å²) in [6, 6.07) is 13.8. The Morgan fingerprint density at radius 1 is 1.00 bits per heavy atom. The van der Waals surface area contributed by atoms with Gasteiger partial charge in [0.05, 0.1) is 0 Å². The van der Waals surface area contributed by atoms with Crippen molar-refractivity contribution in [3.63, 3.8) is 0 Å². The lowest BCUT2D eigenvalue weighted by molar-refractivity contribution is 0.474. The Labute approximate surface area is 94.3 Å². The van der Waals surface area contributed by atoms with Crippen LogP contribution in [0.5, 0.6) is 5.75 Å². The predicted molar refractivity (Wildman–Crippen MR) is 64.4 cm³/mol. The lowest BCUT2D eigenvalue weighted by Crippen LogP contribution is -2.10. The first-order valence-corrected chi connectivity index (χ1v) is 5.43. The van der Waals surface area contributed by atoms with Crippen molar-refractivity contribution >= 4 is 0 Å². The van der Waals surface area contributed by atoms with Gasteiger partial charge < -0.3 is 10.8 Å². The Kier molecular flexibility index (Phi) is 1.98. The van der Waals surface area contributed by atoms with Gasteiger partial charge in [0, 0.05) is 12.5 Å². The molecule has 0 aliphatic heterocycles. The fraction of sp³-hybridized carbons (Fsp3) is 0.143. The number of hydrogen-bond donors (Lipinski definition) is 2. The van der Waals surface area contributed by atoms with Crippen LogP contribution in [0.4, 0.5) is 0 Å². The first kappa shape index (κ1) is 9.43. The molecule has 1 aliphatic rings. The molecule has 3 rings (SSSR count). The van der Waals surface area contributed by atoms with Crippen molar-refractivity contribution in [1.82, 2.24) is 0 Å². The quantitative estimate of drug-likeness (QED) is 0.761. The summed E-state index contributed by atoms with van der Waals surface area (Å²) in [5, 5.41) is 9.55. The fourth-order valence-corrected chi connectivity index (χ4v) is 2.55. The van der Waals surface area contributed by atoms with Crippen molar-refractivity contribution in [1.29, 1.82) is 0 Å². The van der Waals surface area contributed by atoms with Crippen LogP contribution in [0.2, 0.25) is 0 Å². The highest BCUT2D eigenvalue weighted by Crippen LogP contribution is 2.45. The van der Waals surface area contributed by atoms with Crippen LogP contribution in [0.1, 0.15) is 17.0 Å². The lowest BCUT2D eigenvalue weighted by atomic mass is 9.97. The van der Waals surface area contributed by atoms with E-state index < -0.39 is 0 Å². The van der Waals surface area contributed by atoms with Crippen molar-refractivity contribution in [3.05, 3.63) is 53.6 Å². The van der Waals surface area contributed by atoms with Crippen LogP contribution < -0.4 is 5.73 Å². The van der Waals surface area contributed by atoms with Gasteiger partial charge in [-0.2, -0.15) is 0 Å². The zero-order chi connectivity index (χ0) is 11.1. The summed E-state index contributed by atoms with van der Waals surface area (Å²) in [5.74, 6) is 0.531. The molecule has 1 atom stereocenters. The van der Waals surface area contributed by atoms with Gasteiger partial charge in [0.15, 0.2) is 0 Å². The van der Waals surface area contributed by atoms with E-state index in [1.165, 1.54) is 16.7 Å². The molecular weight excluding hydrogens is 198 g/mol. The van der Waals surface area contributed by atoms with Crippen molar-refractivity contribution in [3.8, 4) is 16.9 Å². The number of fused-ring (bicyclic) bond motifs is 3. The summed E-state index contributed by atoms with van der Waals surface area (Å²) >= 11 is 0. The molecule has 0 bridgehead atoms. The third kappa shape index (κ3) is 1.17. The van der Waals surface area contributed by atoms with Gasteiger partial charge in [0.2, 0.25) is 0 Å². The first-order valence-electron chi connectivity index (χ1n) is 5.43. The van der Waals surface area contributed by atoms with Crippen LogP contribution in [0.3, 0.4) is 0 Å². The van der Waals surface area contributed by atoms with Crippen LogP contribution in [0, 0.1) is 0 Å².